The fraction of sp³-hybridized carbons (Fsp3) is 0.643. The standard InChI is InChI=1S/C42H55F3N6O10S/c1-24-8-6-7-9-28-22-41(28,38(54)49-62(56,57)40(4)12-13-40)48-35(52)32-21-30(23-51(32)37(53)34(25(2)18-24)47-39(55)60-26(3)42(43,44)45)61-36-31-11-10-29(58-5)19-27(31)20-33(46-36)50-14-16-59-17-15-50/h7,9-11,19-20,24-26,28,30,32,34H,6,8,12-18,21-23H2,1-5H3,(H,47,55)(H,48,52)(H,49,54). The molecule has 8 unspecified atom stereocenters. The van der Waals surface area contributed by atoms with Gasteiger partial charge < -0.3 is 39.4 Å². The fourth-order valence-electron chi connectivity index (χ4n) is 8.50. The molecule has 2 aliphatic carbocycles. The van der Waals surface area contributed by atoms with Crippen molar-refractivity contribution in [3.05, 3.63) is 36.4 Å². The molecule has 2 saturated heterocycles. The molecule has 0 spiro atoms. The Labute approximate surface area is 358 Å². The van der Waals surface area contributed by atoms with Crippen LogP contribution in [0.5, 0.6) is 11.6 Å². The highest BCUT2D eigenvalue weighted by Gasteiger charge is 2.63. The molecule has 4 fully saturated rings. The maximum atomic E-state index is 14.9. The number of carbonyl (C=O) groups excluding carboxylic acids is 4. The monoisotopic (exact) mass is 892 g/mol. The number of amides is 4. The number of benzene rings is 1. The minimum Gasteiger partial charge on any atom is -0.497 e. The van der Waals surface area contributed by atoms with Crippen LogP contribution >= 0.6 is 0 Å². The molecule has 2 saturated carbocycles. The van der Waals surface area contributed by atoms with Crippen LogP contribution in [0.4, 0.5) is 23.8 Å². The first-order valence-corrected chi connectivity index (χ1v) is 22.6. The number of morpholine rings is 1. The van der Waals surface area contributed by atoms with E-state index in [2.05, 4.69) is 20.1 Å². The van der Waals surface area contributed by atoms with Crippen LogP contribution in [0.25, 0.3) is 10.8 Å². The van der Waals surface area contributed by atoms with E-state index in [0.29, 0.717) is 82.3 Å². The maximum Gasteiger partial charge on any atom is 0.425 e. The lowest BCUT2D eigenvalue weighted by Gasteiger charge is -2.33. The summed E-state index contributed by atoms with van der Waals surface area (Å²) in [5.74, 6) is -2.30. The van der Waals surface area contributed by atoms with E-state index < -0.39 is 86.4 Å². The topological polar surface area (TPSA) is 195 Å². The van der Waals surface area contributed by atoms with Crippen molar-refractivity contribution in [2.45, 2.75) is 113 Å². The number of sulfonamides is 1. The second kappa shape index (κ2) is 17.4. The maximum absolute atomic E-state index is 14.9. The molecule has 62 heavy (non-hydrogen) atoms. The predicted molar refractivity (Wildman–Crippen MR) is 220 cm³/mol. The Hall–Kier alpha value is -4.85. The first kappa shape index (κ1) is 45.2. The largest absolute Gasteiger partial charge is 0.497 e. The third-order valence-corrected chi connectivity index (χ3v) is 15.0. The van der Waals surface area contributed by atoms with Crippen molar-refractivity contribution < 1.29 is 59.7 Å². The summed E-state index contributed by atoms with van der Waals surface area (Å²) in [4.78, 5) is 64.7. The molecule has 4 amide bonds. The highest BCUT2D eigenvalue weighted by molar-refractivity contribution is 7.91. The van der Waals surface area contributed by atoms with Crippen molar-refractivity contribution in [3.8, 4) is 11.6 Å². The first-order chi connectivity index (χ1) is 29.2. The molecule has 8 atom stereocenters. The molecule has 0 bridgehead atoms. The third-order valence-electron chi connectivity index (χ3n) is 12.9. The normalized spacial score (nSPS) is 29.5. The molecule has 4 heterocycles. The number of alkyl halides is 3. The summed E-state index contributed by atoms with van der Waals surface area (Å²) in [7, 11) is -2.55. The van der Waals surface area contributed by atoms with Gasteiger partial charge in [0.25, 0.3) is 5.91 Å². The van der Waals surface area contributed by atoms with Gasteiger partial charge in [0.05, 0.1) is 31.6 Å². The number of methoxy groups -OCH3 is 1. The Kier molecular flexibility index (Phi) is 12.7. The number of fused-ring (bicyclic) bond motifs is 3. The van der Waals surface area contributed by atoms with Crippen molar-refractivity contribution in [3.63, 3.8) is 0 Å². The van der Waals surface area contributed by atoms with E-state index in [-0.39, 0.29) is 31.2 Å². The number of rotatable bonds is 9. The van der Waals surface area contributed by atoms with Crippen LogP contribution in [0.2, 0.25) is 0 Å². The Balaban J connectivity index is 1.24. The number of anilines is 1. The van der Waals surface area contributed by atoms with Gasteiger partial charge in [-0.2, -0.15) is 18.2 Å². The smallest absolute Gasteiger partial charge is 0.425 e. The Morgan fingerprint density at radius 3 is 2.50 bits per heavy atom. The average molecular weight is 893 g/mol. The highest BCUT2D eigenvalue weighted by Crippen LogP contribution is 2.48. The summed E-state index contributed by atoms with van der Waals surface area (Å²) in [6.07, 6.45) is -3.79. The van der Waals surface area contributed by atoms with Crippen molar-refractivity contribution in [2.24, 2.45) is 17.8 Å². The van der Waals surface area contributed by atoms with Gasteiger partial charge in [0.2, 0.25) is 27.7 Å². The van der Waals surface area contributed by atoms with Crippen molar-refractivity contribution in [2.75, 3.05) is 44.9 Å². The van der Waals surface area contributed by atoms with Crippen LogP contribution in [0.1, 0.15) is 72.6 Å². The quantitative estimate of drug-likeness (QED) is 0.302. The number of halogens is 3. The zero-order valence-corrected chi connectivity index (χ0v) is 36.3. The molecule has 16 nitrogen and oxygen atoms in total. The minimum absolute atomic E-state index is 0.0411. The number of hydrogen-bond acceptors (Lipinski definition) is 12. The lowest BCUT2D eigenvalue weighted by Crippen LogP contribution is -2.59. The van der Waals surface area contributed by atoms with Gasteiger partial charge in [-0.25, -0.2) is 13.2 Å². The zero-order chi connectivity index (χ0) is 44.8. The van der Waals surface area contributed by atoms with Gasteiger partial charge in [0.15, 0.2) is 6.10 Å². The van der Waals surface area contributed by atoms with Crippen LogP contribution in [-0.2, 0) is 33.9 Å². The van der Waals surface area contributed by atoms with Gasteiger partial charge >= 0.3 is 12.3 Å². The van der Waals surface area contributed by atoms with E-state index in [1.54, 1.807) is 39.2 Å². The lowest BCUT2D eigenvalue weighted by atomic mass is 9.88. The summed E-state index contributed by atoms with van der Waals surface area (Å²) in [5, 5.41) is 6.56. The zero-order valence-electron chi connectivity index (χ0n) is 35.5. The average Bonchev–Trinajstić information content (AvgIpc) is 4.10. The summed E-state index contributed by atoms with van der Waals surface area (Å²) in [6.45, 7) is 7.74. The van der Waals surface area contributed by atoms with E-state index in [1.165, 1.54) is 4.90 Å². The summed E-state index contributed by atoms with van der Waals surface area (Å²) < 4.78 is 90.3. The molecule has 340 valence electrons. The minimum atomic E-state index is -4.86. The lowest BCUT2D eigenvalue weighted by molar-refractivity contribution is -0.197. The van der Waals surface area contributed by atoms with Crippen molar-refractivity contribution >= 4 is 50.4 Å². The van der Waals surface area contributed by atoms with E-state index >= 15 is 0 Å². The number of carbonyl (C=O) groups is 4. The predicted octanol–water partition coefficient (Wildman–Crippen LogP) is 4.36. The van der Waals surface area contributed by atoms with E-state index in [1.807, 2.05) is 30.0 Å². The number of aromatic nitrogens is 1. The van der Waals surface area contributed by atoms with Gasteiger partial charge in [-0.05, 0) is 93.9 Å². The van der Waals surface area contributed by atoms with Crippen LogP contribution in [0, 0.1) is 17.8 Å². The molecular formula is C42H55F3N6O10S. The molecule has 1 aromatic heterocycles. The highest BCUT2D eigenvalue weighted by atomic mass is 32.2. The van der Waals surface area contributed by atoms with Gasteiger partial charge in [-0.1, -0.05) is 26.0 Å². The molecule has 7 rings (SSSR count). The molecule has 1 aromatic carbocycles. The summed E-state index contributed by atoms with van der Waals surface area (Å²) >= 11 is 0. The number of nitrogens with one attached hydrogen (secondary N) is 3. The fourth-order valence-corrected chi connectivity index (χ4v) is 9.82. The van der Waals surface area contributed by atoms with Gasteiger partial charge in [-0.15, -0.1) is 0 Å². The molecule has 2 aromatic rings. The number of pyridine rings is 1. The van der Waals surface area contributed by atoms with E-state index in [4.69, 9.17) is 19.2 Å². The van der Waals surface area contributed by atoms with Gasteiger partial charge in [-0.3, -0.25) is 19.1 Å². The van der Waals surface area contributed by atoms with Crippen LogP contribution in [0.15, 0.2) is 36.4 Å². The molecule has 20 heteroatoms. The number of hydrogen-bond donors (Lipinski definition) is 3. The van der Waals surface area contributed by atoms with Gasteiger partial charge in [0, 0.05) is 30.8 Å². The Morgan fingerprint density at radius 2 is 1.82 bits per heavy atom. The van der Waals surface area contributed by atoms with Crippen LogP contribution in [0.3, 0.4) is 0 Å². The summed E-state index contributed by atoms with van der Waals surface area (Å²) in [5.41, 5.74) is -1.66. The molecule has 0 radical (unpaired) electrons. The van der Waals surface area contributed by atoms with Gasteiger partial charge in [0.1, 0.15) is 35.3 Å². The van der Waals surface area contributed by atoms with Crippen LogP contribution in [-0.4, -0.2) is 123 Å². The molecule has 3 N–H and O–H groups in total. The second-order valence-electron chi connectivity index (χ2n) is 17.6. The van der Waals surface area contributed by atoms with Crippen molar-refractivity contribution in [1.29, 1.82) is 0 Å². The van der Waals surface area contributed by atoms with Crippen molar-refractivity contribution in [1.82, 2.24) is 25.2 Å². The summed E-state index contributed by atoms with van der Waals surface area (Å²) in [6, 6.07) is 4.48. The Morgan fingerprint density at radius 1 is 1.10 bits per heavy atom. The first-order valence-electron chi connectivity index (χ1n) is 21.1. The number of alkyl carbamates (subject to hydrolysis) is 1. The number of allylic oxidation sites excluding steroid dienone is 1. The SMILES string of the molecule is COc1ccc2c(OC3CC4C(=O)NC5(C(=O)NS(=O)(=O)C6(C)CC6)CC5C=CCCC(C)CC(C)C(NC(=O)OC(C)C(F)(F)F)C(=O)N4C3)nc(N3CCOCC3)cc2c1. The van der Waals surface area contributed by atoms with E-state index in [9.17, 15) is 40.8 Å². The molecular weight excluding hydrogens is 838 g/mol. The van der Waals surface area contributed by atoms with Crippen LogP contribution < -0.4 is 29.7 Å². The molecule has 3 aliphatic heterocycles. The number of ether oxygens (including phenoxy) is 4. The number of nitrogens with zero attached hydrogens (tertiary/aromatic N) is 3. The van der Waals surface area contributed by atoms with E-state index in [0.717, 1.165) is 5.39 Å². The third kappa shape index (κ3) is 9.55. The second-order valence-corrected chi connectivity index (χ2v) is 19.8. The molecule has 5 aliphatic rings. The Bertz CT molecular complexity index is 2200.